The Bertz CT molecular complexity index is 1220. The van der Waals surface area contributed by atoms with E-state index < -0.39 is 5.56 Å². The van der Waals surface area contributed by atoms with Gasteiger partial charge in [-0.1, -0.05) is 47.1 Å². The van der Waals surface area contributed by atoms with Crippen LogP contribution >= 0.6 is 35.0 Å². The SMILES string of the molecule is COc1cccc(CNC(=O)Cc2cc(=O)[nH]c(SCC(=O)Nc3ccc(Cl)c(Cl)c3)n2)c1. The molecule has 3 N–H and O–H groups in total. The van der Waals surface area contributed by atoms with Crippen molar-refractivity contribution in [2.24, 2.45) is 0 Å². The van der Waals surface area contributed by atoms with E-state index in [9.17, 15) is 14.4 Å². The van der Waals surface area contributed by atoms with Gasteiger partial charge in [-0.2, -0.15) is 0 Å². The molecule has 8 nitrogen and oxygen atoms in total. The Morgan fingerprint density at radius 1 is 1.09 bits per heavy atom. The first-order valence-electron chi connectivity index (χ1n) is 9.70. The number of amides is 2. The highest BCUT2D eigenvalue weighted by Gasteiger charge is 2.11. The molecule has 0 bridgehead atoms. The van der Waals surface area contributed by atoms with Crippen molar-refractivity contribution in [1.29, 1.82) is 0 Å². The van der Waals surface area contributed by atoms with Crippen LogP contribution in [0.1, 0.15) is 11.3 Å². The first-order chi connectivity index (χ1) is 15.8. The molecular formula is C22H20Cl2N4O4S. The maximum absolute atomic E-state index is 12.3. The molecule has 3 aromatic rings. The summed E-state index contributed by atoms with van der Waals surface area (Å²) < 4.78 is 5.16. The van der Waals surface area contributed by atoms with E-state index in [1.165, 1.54) is 12.1 Å². The van der Waals surface area contributed by atoms with Crippen LogP contribution in [0.2, 0.25) is 10.0 Å². The van der Waals surface area contributed by atoms with Gasteiger partial charge in [0.05, 0.1) is 35.0 Å². The fourth-order valence-electron chi connectivity index (χ4n) is 2.76. The lowest BCUT2D eigenvalue weighted by molar-refractivity contribution is -0.120. The summed E-state index contributed by atoms with van der Waals surface area (Å²) in [5, 5.41) is 6.42. The summed E-state index contributed by atoms with van der Waals surface area (Å²) >= 11 is 12.8. The Labute approximate surface area is 204 Å². The lowest BCUT2D eigenvalue weighted by Crippen LogP contribution is -2.26. The van der Waals surface area contributed by atoms with Gasteiger partial charge >= 0.3 is 0 Å². The topological polar surface area (TPSA) is 113 Å². The number of aromatic nitrogens is 2. The average Bonchev–Trinajstić information content (AvgIpc) is 2.78. The zero-order valence-corrected chi connectivity index (χ0v) is 19.8. The molecule has 33 heavy (non-hydrogen) atoms. The van der Waals surface area contributed by atoms with E-state index in [0.29, 0.717) is 33.7 Å². The van der Waals surface area contributed by atoms with Crippen molar-refractivity contribution in [2.75, 3.05) is 18.2 Å². The monoisotopic (exact) mass is 506 g/mol. The Hall–Kier alpha value is -3.01. The summed E-state index contributed by atoms with van der Waals surface area (Å²) in [7, 11) is 1.57. The smallest absolute Gasteiger partial charge is 0.251 e. The summed E-state index contributed by atoms with van der Waals surface area (Å²) in [6, 6.07) is 13.3. The number of halogens is 2. The lowest BCUT2D eigenvalue weighted by atomic mass is 10.2. The fourth-order valence-corrected chi connectivity index (χ4v) is 3.75. The van der Waals surface area contributed by atoms with E-state index in [0.717, 1.165) is 17.3 Å². The Balaban J connectivity index is 1.53. The van der Waals surface area contributed by atoms with Crippen LogP contribution in [0.25, 0.3) is 0 Å². The van der Waals surface area contributed by atoms with Crippen LogP contribution in [0.15, 0.2) is 58.5 Å². The molecule has 172 valence electrons. The van der Waals surface area contributed by atoms with Gasteiger partial charge in [-0.3, -0.25) is 14.4 Å². The van der Waals surface area contributed by atoms with Gasteiger partial charge in [0.15, 0.2) is 5.16 Å². The molecule has 0 saturated heterocycles. The van der Waals surface area contributed by atoms with Crippen molar-refractivity contribution in [3.8, 4) is 5.75 Å². The molecule has 11 heteroatoms. The predicted octanol–water partition coefficient (Wildman–Crippen LogP) is 3.68. The number of anilines is 1. The Morgan fingerprint density at radius 3 is 2.67 bits per heavy atom. The summed E-state index contributed by atoms with van der Waals surface area (Å²) in [6.45, 7) is 0.315. The lowest BCUT2D eigenvalue weighted by Gasteiger charge is -2.08. The number of hydrogen-bond donors (Lipinski definition) is 3. The fraction of sp³-hybridized carbons (Fsp3) is 0.182. The number of carbonyl (C=O) groups excluding carboxylic acids is 2. The molecule has 0 atom stereocenters. The van der Waals surface area contributed by atoms with Crippen LogP contribution in [0.4, 0.5) is 5.69 Å². The quantitative estimate of drug-likeness (QED) is 0.301. The maximum atomic E-state index is 12.3. The van der Waals surface area contributed by atoms with Crippen molar-refractivity contribution in [3.05, 3.63) is 80.2 Å². The first kappa shape index (κ1) is 24.6. The standard InChI is InChI=1S/C22H20Cl2N4O4S/c1-32-16-4-2-3-13(7-16)11-25-19(29)9-15-10-20(30)28-22(27-15)33-12-21(31)26-14-5-6-17(23)18(24)8-14/h2-8,10H,9,11-12H2,1H3,(H,25,29)(H,26,31)(H,27,28,30). The van der Waals surface area contributed by atoms with Crippen molar-refractivity contribution < 1.29 is 14.3 Å². The minimum Gasteiger partial charge on any atom is -0.497 e. The molecule has 0 saturated carbocycles. The van der Waals surface area contributed by atoms with E-state index in [1.54, 1.807) is 19.2 Å². The summed E-state index contributed by atoms with van der Waals surface area (Å²) in [4.78, 5) is 43.3. The molecule has 0 radical (unpaired) electrons. The van der Waals surface area contributed by atoms with Gasteiger partial charge in [0.1, 0.15) is 5.75 Å². The number of H-pyrrole nitrogens is 1. The summed E-state index contributed by atoms with van der Waals surface area (Å²) in [5.74, 6) is 0.0869. The number of hydrogen-bond acceptors (Lipinski definition) is 6. The second-order valence-corrected chi connectivity index (χ2v) is 8.59. The second kappa shape index (κ2) is 11.7. The highest BCUT2D eigenvalue weighted by molar-refractivity contribution is 7.99. The molecule has 3 rings (SSSR count). The third-order valence-corrected chi connectivity index (χ3v) is 5.89. The molecule has 2 aromatic carbocycles. The van der Waals surface area contributed by atoms with E-state index in [2.05, 4.69) is 20.6 Å². The van der Waals surface area contributed by atoms with Crippen LogP contribution in [-0.2, 0) is 22.6 Å². The molecule has 2 amide bonds. The summed E-state index contributed by atoms with van der Waals surface area (Å²) in [6.07, 6.45) is -0.0725. The molecule has 0 aliphatic rings. The van der Waals surface area contributed by atoms with Gasteiger partial charge in [-0.05, 0) is 35.9 Å². The number of ether oxygens (including phenoxy) is 1. The van der Waals surface area contributed by atoms with Crippen molar-refractivity contribution >= 4 is 52.5 Å². The zero-order valence-electron chi connectivity index (χ0n) is 17.5. The van der Waals surface area contributed by atoms with Gasteiger partial charge in [0.25, 0.3) is 5.56 Å². The van der Waals surface area contributed by atoms with E-state index in [4.69, 9.17) is 27.9 Å². The van der Waals surface area contributed by atoms with Crippen molar-refractivity contribution in [1.82, 2.24) is 15.3 Å². The molecule has 0 unspecified atom stereocenters. The minimum atomic E-state index is -0.409. The maximum Gasteiger partial charge on any atom is 0.251 e. The number of methoxy groups -OCH3 is 1. The number of aromatic amines is 1. The third-order valence-electron chi connectivity index (χ3n) is 4.28. The number of nitrogens with one attached hydrogen (secondary N) is 3. The van der Waals surface area contributed by atoms with E-state index in [-0.39, 0.29) is 29.1 Å². The Kier molecular flexibility index (Phi) is 8.76. The number of thioether (sulfide) groups is 1. The number of rotatable bonds is 9. The van der Waals surface area contributed by atoms with Crippen molar-refractivity contribution in [2.45, 2.75) is 18.1 Å². The number of carbonyl (C=O) groups is 2. The van der Waals surface area contributed by atoms with Crippen LogP contribution < -0.4 is 20.9 Å². The van der Waals surface area contributed by atoms with E-state index in [1.807, 2.05) is 24.3 Å². The zero-order chi connectivity index (χ0) is 23.8. The third kappa shape index (κ3) is 7.81. The minimum absolute atomic E-state index is 0.00528. The highest BCUT2D eigenvalue weighted by Crippen LogP contribution is 2.25. The molecule has 1 heterocycles. The van der Waals surface area contributed by atoms with Crippen LogP contribution in [0, 0.1) is 0 Å². The molecule has 1 aromatic heterocycles. The molecule has 0 fully saturated rings. The normalized spacial score (nSPS) is 10.5. The molecular weight excluding hydrogens is 487 g/mol. The number of benzene rings is 2. The number of nitrogens with zero attached hydrogens (tertiary/aromatic N) is 1. The predicted molar refractivity (Wildman–Crippen MR) is 129 cm³/mol. The van der Waals surface area contributed by atoms with Gasteiger partial charge < -0.3 is 20.4 Å². The van der Waals surface area contributed by atoms with E-state index >= 15 is 0 Å². The van der Waals surface area contributed by atoms with Crippen LogP contribution in [0.3, 0.4) is 0 Å². The highest BCUT2D eigenvalue weighted by atomic mass is 35.5. The average molecular weight is 507 g/mol. The second-order valence-electron chi connectivity index (χ2n) is 6.81. The molecule has 0 spiro atoms. The van der Waals surface area contributed by atoms with Crippen LogP contribution in [0.5, 0.6) is 5.75 Å². The van der Waals surface area contributed by atoms with Crippen LogP contribution in [-0.4, -0.2) is 34.6 Å². The van der Waals surface area contributed by atoms with Gasteiger partial charge in [0, 0.05) is 18.3 Å². The molecule has 0 aliphatic heterocycles. The van der Waals surface area contributed by atoms with Gasteiger partial charge in [-0.25, -0.2) is 4.98 Å². The summed E-state index contributed by atoms with van der Waals surface area (Å²) in [5.41, 5.74) is 1.27. The first-order valence-corrected chi connectivity index (χ1v) is 11.4. The largest absolute Gasteiger partial charge is 0.497 e. The molecule has 0 aliphatic carbocycles. The van der Waals surface area contributed by atoms with Gasteiger partial charge in [0.2, 0.25) is 11.8 Å². The Morgan fingerprint density at radius 2 is 1.91 bits per heavy atom. The van der Waals surface area contributed by atoms with Crippen molar-refractivity contribution in [3.63, 3.8) is 0 Å². The van der Waals surface area contributed by atoms with Gasteiger partial charge in [-0.15, -0.1) is 0 Å².